The van der Waals surface area contributed by atoms with Gasteiger partial charge in [-0.3, -0.25) is 0 Å². The smallest absolute Gasteiger partial charge is 0.231 e. The highest BCUT2D eigenvalue weighted by molar-refractivity contribution is 5.49. The Labute approximate surface area is 150 Å². The fourth-order valence-corrected chi connectivity index (χ4v) is 3.97. The molecule has 25 heavy (non-hydrogen) atoms. The molecule has 3 heteroatoms. The van der Waals surface area contributed by atoms with Crippen LogP contribution in [-0.2, 0) is 24.9 Å². The summed E-state index contributed by atoms with van der Waals surface area (Å²) >= 11 is 0. The second-order valence-electron chi connectivity index (χ2n) is 8.83. The number of hydrogen-bond donors (Lipinski definition) is 0. The molecule has 0 bridgehead atoms. The molecule has 4 rings (SSSR count). The van der Waals surface area contributed by atoms with Gasteiger partial charge >= 0.3 is 0 Å². The maximum absolute atomic E-state index is 5.57. The van der Waals surface area contributed by atoms with Gasteiger partial charge in [0.05, 0.1) is 13.6 Å². The van der Waals surface area contributed by atoms with E-state index in [4.69, 9.17) is 9.47 Å². The predicted octanol–water partition coefficient (Wildman–Crippen LogP) is 4.42. The highest BCUT2D eigenvalue weighted by atomic mass is 16.7. The highest BCUT2D eigenvalue weighted by Crippen LogP contribution is 2.38. The second kappa shape index (κ2) is 5.77. The fraction of sp³-hybridized carbons (Fsp3) is 0.455. The fourth-order valence-electron chi connectivity index (χ4n) is 3.97. The van der Waals surface area contributed by atoms with Crippen molar-refractivity contribution in [3.63, 3.8) is 0 Å². The van der Waals surface area contributed by atoms with E-state index in [2.05, 4.69) is 64.2 Å². The molecule has 0 spiro atoms. The Bertz CT molecular complexity index is 789. The van der Waals surface area contributed by atoms with Gasteiger partial charge in [0.1, 0.15) is 13.1 Å². The van der Waals surface area contributed by atoms with Crippen molar-refractivity contribution >= 4 is 0 Å². The van der Waals surface area contributed by atoms with Crippen LogP contribution < -0.4 is 9.47 Å². The van der Waals surface area contributed by atoms with E-state index in [9.17, 15) is 0 Å². The van der Waals surface area contributed by atoms with Crippen molar-refractivity contribution in [1.82, 2.24) is 0 Å². The molecule has 0 aliphatic carbocycles. The Balaban J connectivity index is 1.53. The highest BCUT2D eigenvalue weighted by Gasteiger charge is 2.31. The van der Waals surface area contributed by atoms with E-state index >= 15 is 0 Å². The summed E-state index contributed by atoms with van der Waals surface area (Å²) in [6, 6.07) is 13.6. The van der Waals surface area contributed by atoms with Crippen molar-refractivity contribution in [2.75, 3.05) is 20.4 Å². The van der Waals surface area contributed by atoms with E-state index in [1.165, 1.54) is 22.3 Å². The molecule has 2 aliphatic heterocycles. The standard InChI is InChI=1S/C22H28NO2/c1-22(2,3)19-7-5-16(6-8-19)13-23(4)10-9-17-11-20-21(25-15-24-20)12-18(17)14-23/h5-8,11-12H,9-10,13-15H2,1-4H3/q+1. The normalized spacial score (nSPS) is 21.9. The van der Waals surface area contributed by atoms with Crippen molar-refractivity contribution in [2.24, 2.45) is 0 Å². The number of benzene rings is 2. The van der Waals surface area contributed by atoms with Gasteiger partial charge < -0.3 is 14.0 Å². The van der Waals surface area contributed by atoms with E-state index in [0.29, 0.717) is 6.79 Å². The number of nitrogens with zero attached hydrogens (tertiary/aromatic N) is 1. The van der Waals surface area contributed by atoms with Gasteiger partial charge in [-0.1, -0.05) is 45.0 Å². The van der Waals surface area contributed by atoms with Crippen molar-refractivity contribution in [2.45, 2.75) is 45.7 Å². The van der Waals surface area contributed by atoms with Crippen molar-refractivity contribution in [3.8, 4) is 11.5 Å². The zero-order valence-electron chi connectivity index (χ0n) is 15.8. The van der Waals surface area contributed by atoms with Gasteiger partial charge in [0.15, 0.2) is 11.5 Å². The van der Waals surface area contributed by atoms with Gasteiger partial charge in [-0.05, 0) is 28.7 Å². The third-order valence-corrected chi connectivity index (χ3v) is 5.55. The van der Waals surface area contributed by atoms with Crippen LogP contribution in [-0.4, -0.2) is 24.9 Å². The number of fused-ring (bicyclic) bond motifs is 2. The molecular formula is C22H28NO2+. The van der Waals surface area contributed by atoms with Gasteiger partial charge in [-0.2, -0.15) is 0 Å². The summed E-state index contributed by atoms with van der Waals surface area (Å²) in [6.45, 7) is 10.4. The number of quaternary nitrogens is 1. The zero-order chi connectivity index (χ0) is 17.7. The average molecular weight is 338 g/mol. The van der Waals surface area contributed by atoms with E-state index in [0.717, 1.165) is 42.0 Å². The quantitative estimate of drug-likeness (QED) is 0.755. The molecule has 1 atom stereocenters. The summed E-state index contributed by atoms with van der Waals surface area (Å²) in [6.07, 6.45) is 1.10. The summed E-state index contributed by atoms with van der Waals surface area (Å²) in [5, 5.41) is 0. The average Bonchev–Trinajstić information content (AvgIpc) is 2.99. The first kappa shape index (κ1) is 16.5. The lowest BCUT2D eigenvalue weighted by Gasteiger charge is -2.39. The minimum atomic E-state index is 0.212. The lowest BCUT2D eigenvalue weighted by atomic mass is 9.86. The summed E-state index contributed by atoms with van der Waals surface area (Å²) in [7, 11) is 2.37. The van der Waals surface area contributed by atoms with Crippen LogP contribution >= 0.6 is 0 Å². The van der Waals surface area contributed by atoms with Crippen LogP contribution in [0.15, 0.2) is 36.4 Å². The van der Waals surface area contributed by atoms with Crippen molar-refractivity contribution in [1.29, 1.82) is 0 Å². The number of hydrogen-bond acceptors (Lipinski definition) is 2. The maximum Gasteiger partial charge on any atom is 0.231 e. The summed E-state index contributed by atoms with van der Waals surface area (Å²) in [5.41, 5.74) is 5.85. The molecule has 0 fully saturated rings. The van der Waals surface area contributed by atoms with E-state index < -0.39 is 0 Å². The van der Waals surface area contributed by atoms with Crippen LogP contribution in [0.2, 0.25) is 0 Å². The third kappa shape index (κ3) is 3.25. The third-order valence-electron chi connectivity index (χ3n) is 5.55. The van der Waals surface area contributed by atoms with Crippen LogP contribution in [0.25, 0.3) is 0 Å². The Hall–Kier alpha value is -2.00. The topological polar surface area (TPSA) is 18.5 Å². The van der Waals surface area contributed by atoms with Crippen LogP contribution in [0.3, 0.4) is 0 Å². The maximum atomic E-state index is 5.57. The molecule has 0 saturated heterocycles. The molecule has 0 amide bonds. The molecule has 2 aromatic rings. The molecule has 3 nitrogen and oxygen atoms in total. The Morgan fingerprint density at radius 1 is 0.960 bits per heavy atom. The molecule has 2 heterocycles. The first-order chi connectivity index (χ1) is 11.8. The molecule has 1 unspecified atom stereocenters. The first-order valence-corrected chi connectivity index (χ1v) is 9.17. The van der Waals surface area contributed by atoms with E-state index in [1.807, 2.05) is 0 Å². The van der Waals surface area contributed by atoms with Crippen molar-refractivity contribution in [3.05, 3.63) is 58.7 Å². The SMILES string of the molecule is CC(C)(C)c1ccc(C[N+]2(C)CCc3cc4c(cc3C2)OCO4)cc1. The zero-order valence-corrected chi connectivity index (χ0v) is 15.8. The van der Waals surface area contributed by atoms with Crippen LogP contribution in [0.5, 0.6) is 11.5 Å². The van der Waals surface area contributed by atoms with Crippen molar-refractivity contribution < 1.29 is 14.0 Å². The molecule has 0 aromatic heterocycles. The van der Waals surface area contributed by atoms with E-state index in [-0.39, 0.29) is 5.41 Å². The molecule has 0 saturated carbocycles. The number of ether oxygens (including phenoxy) is 2. The van der Waals surface area contributed by atoms with E-state index in [1.54, 1.807) is 0 Å². The Morgan fingerprint density at radius 3 is 2.24 bits per heavy atom. The Morgan fingerprint density at radius 2 is 1.60 bits per heavy atom. The summed E-state index contributed by atoms with van der Waals surface area (Å²) in [4.78, 5) is 0. The first-order valence-electron chi connectivity index (χ1n) is 9.17. The molecule has 2 aliphatic rings. The van der Waals surface area contributed by atoms with Gasteiger partial charge in [0.25, 0.3) is 0 Å². The summed E-state index contributed by atoms with van der Waals surface area (Å²) in [5.74, 6) is 1.81. The molecular weight excluding hydrogens is 310 g/mol. The van der Waals surface area contributed by atoms with Gasteiger partial charge in [0, 0.05) is 17.5 Å². The molecule has 2 aromatic carbocycles. The van der Waals surface area contributed by atoms with Crippen LogP contribution in [0, 0.1) is 0 Å². The van der Waals surface area contributed by atoms with Gasteiger partial charge in [-0.25, -0.2) is 0 Å². The van der Waals surface area contributed by atoms with Crippen LogP contribution in [0.1, 0.15) is 43.0 Å². The second-order valence-corrected chi connectivity index (χ2v) is 8.83. The lowest BCUT2D eigenvalue weighted by molar-refractivity contribution is -0.937. The molecule has 132 valence electrons. The van der Waals surface area contributed by atoms with Gasteiger partial charge in [-0.15, -0.1) is 0 Å². The minimum absolute atomic E-state index is 0.212. The predicted molar refractivity (Wildman–Crippen MR) is 99.9 cm³/mol. The molecule has 0 radical (unpaired) electrons. The van der Waals surface area contributed by atoms with Crippen LogP contribution in [0.4, 0.5) is 0 Å². The largest absolute Gasteiger partial charge is 0.454 e. The monoisotopic (exact) mass is 338 g/mol. The lowest BCUT2D eigenvalue weighted by Crippen LogP contribution is -2.46. The number of rotatable bonds is 2. The minimum Gasteiger partial charge on any atom is -0.454 e. The Kier molecular flexibility index (Phi) is 3.80. The summed E-state index contributed by atoms with van der Waals surface area (Å²) < 4.78 is 12.1. The number of likely N-dealkylation sites (N-methyl/N-ethyl adjacent to an activating group) is 1. The molecule has 0 N–H and O–H groups in total. The van der Waals surface area contributed by atoms with Gasteiger partial charge in [0.2, 0.25) is 6.79 Å².